The van der Waals surface area contributed by atoms with Gasteiger partial charge in [-0.05, 0) is 106 Å². The molecule has 0 amide bonds. The molecule has 4 bridgehead atoms. The van der Waals surface area contributed by atoms with Gasteiger partial charge in [0.25, 0.3) is 0 Å². The lowest BCUT2D eigenvalue weighted by atomic mass is 9.80. The normalized spacial score (nSPS) is 23.9. The lowest BCUT2D eigenvalue weighted by molar-refractivity contribution is -0.145. The summed E-state index contributed by atoms with van der Waals surface area (Å²) in [7, 11) is 2.13. The Bertz CT molecular complexity index is 2600. The molecule has 1 N–H and O–H groups in total. The minimum atomic E-state index is -1.37. The second-order valence-corrected chi connectivity index (χ2v) is 20.8. The highest BCUT2D eigenvalue weighted by molar-refractivity contribution is 7.19. The first-order valence-electron chi connectivity index (χ1n) is 24.3. The van der Waals surface area contributed by atoms with Gasteiger partial charge in [0.2, 0.25) is 12.0 Å². The maximum atomic E-state index is 13.4. The molecule has 2 saturated heterocycles. The Morgan fingerprint density at radius 3 is 2.42 bits per heavy atom. The molecule has 15 nitrogen and oxygen atoms in total. The number of carbonyl (C=O) groups is 1. The molecule has 4 fully saturated rings. The van der Waals surface area contributed by atoms with Crippen LogP contribution in [-0.2, 0) is 32.0 Å². The quantitative estimate of drug-likeness (QED) is 0.134. The molecule has 2 saturated carbocycles. The van der Waals surface area contributed by atoms with Crippen molar-refractivity contribution in [1.29, 1.82) is 0 Å². The number of piperazine rings is 1. The van der Waals surface area contributed by atoms with Gasteiger partial charge in [0.1, 0.15) is 53.9 Å². The number of ether oxygens (including phenoxy) is 7. The van der Waals surface area contributed by atoms with E-state index in [0.717, 1.165) is 104 Å². The van der Waals surface area contributed by atoms with E-state index in [4.69, 9.17) is 66.3 Å². The van der Waals surface area contributed by atoms with Crippen LogP contribution in [-0.4, -0.2) is 138 Å². The molecule has 3 atom stereocenters. The standard InChI is InChI=1S/C51H60Cl2N6O9S/c1-29-41-30(2)45(53)46(44(29)52)67-37(23-59-17-15-58(3)16-18-59)26-65-36-11-12-39(66-24-34-13-14-54-48(57-34)32-7-9-35(10-8-32)64-27-38-25-62-19-20-63-38)33(21-36)22-40(51(60)61)68-49-43-42(41)47(31-5-4-6-31)69-50(43)56-28-55-49/h11-14,21,28,31-32,35,37-38,40H,4-10,15-20,22-27H2,1-3H3,(H,60,61)/t32?,35?,37-,38-,40-/m1/s1. The van der Waals surface area contributed by atoms with Crippen molar-refractivity contribution in [1.82, 2.24) is 29.7 Å². The number of nitrogens with zero attached hydrogens (tertiary/aromatic N) is 6. The number of hydrogen-bond donors (Lipinski definition) is 1. The molecule has 4 aliphatic heterocycles. The summed E-state index contributed by atoms with van der Waals surface area (Å²) in [6.07, 6.45) is 8.30. The van der Waals surface area contributed by atoms with Crippen molar-refractivity contribution in [2.75, 3.05) is 72.8 Å². The van der Waals surface area contributed by atoms with Gasteiger partial charge in [0, 0.05) is 67.3 Å². The van der Waals surface area contributed by atoms with Crippen molar-refractivity contribution in [2.45, 2.75) is 108 Å². The number of aromatic nitrogens is 4. The molecule has 69 heavy (non-hydrogen) atoms. The molecule has 18 heteroatoms. The van der Waals surface area contributed by atoms with Gasteiger partial charge in [-0.15, -0.1) is 11.3 Å². The van der Waals surface area contributed by atoms with E-state index in [0.29, 0.717) is 87.7 Å². The molecule has 5 aromatic rings. The zero-order chi connectivity index (χ0) is 47.6. The molecule has 3 aromatic heterocycles. The van der Waals surface area contributed by atoms with Gasteiger partial charge in [-0.3, -0.25) is 4.90 Å². The predicted molar refractivity (Wildman–Crippen MR) is 263 cm³/mol. The molecule has 2 aromatic carbocycles. The van der Waals surface area contributed by atoms with Crippen molar-refractivity contribution < 1.29 is 43.1 Å². The average molecular weight is 1000 g/mol. The largest absolute Gasteiger partial charge is 0.490 e. The fourth-order valence-electron chi connectivity index (χ4n) is 10.1. The minimum absolute atomic E-state index is 0.0112. The number of rotatable bonds is 11. The first-order valence-corrected chi connectivity index (χ1v) is 25.9. The second-order valence-electron chi connectivity index (χ2n) is 19.1. The third-order valence-corrected chi connectivity index (χ3v) is 16.5. The van der Waals surface area contributed by atoms with E-state index < -0.39 is 18.2 Å². The first-order chi connectivity index (χ1) is 33.6. The Labute approximate surface area is 416 Å². The van der Waals surface area contributed by atoms with Crippen LogP contribution < -0.4 is 18.9 Å². The van der Waals surface area contributed by atoms with Gasteiger partial charge in [-0.1, -0.05) is 29.6 Å². The lowest BCUT2D eigenvalue weighted by Crippen LogP contribution is -2.49. The van der Waals surface area contributed by atoms with Crippen LogP contribution in [0.5, 0.6) is 23.1 Å². The van der Waals surface area contributed by atoms with Gasteiger partial charge >= 0.3 is 5.97 Å². The van der Waals surface area contributed by atoms with Crippen LogP contribution in [0.15, 0.2) is 36.8 Å². The fourth-order valence-corrected chi connectivity index (χ4v) is 11.9. The van der Waals surface area contributed by atoms with Gasteiger partial charge in [0.15, 0.2) is 5.75 Å². The van der Waals surface area contributed by atoms with E-state index >= 15 is 0 Å². The van der Waals surface area contributed by atoms with E-state index in [-0.39, 0.29) is 43.6 Å². The van der Waals surface area contributed by atoms with E-state index in [1.807, 2.05) is 38.1 Å². The Morgan fingerprint density at radius 1 is 0.899 bits per heavy atom. The number of carboxylic acid groups (broad SMARTS) is 1. The molecular formula is C51H60Cl2N6O9S. The third kappa shape index (κ3) is 10.8. The number of carboxylic acids is 1. The summed E-state index contributed by atoms with van der Waals surface area (Å²) in [5.41, 5.74) is 4.60. The molecule has 368 valence electrons. The van der Waals surface area contributed by atoms with Gasteiger partial charge in [-0.25, -0.2) is 24.7 Å². The summed E-state index contributed by atoms with van der Waals surface area (Å²) >= 11 is 16.3. The number of halogens is 2. The number of aliphatic carboxylic acids is 1. The topological polar surface area (TPSA) is 160 Å². The van der Waals surface area contributed by atoms with Crippen LogP contribution in [0.1, 0.15) is 89.9 Å². The Balaban J connectivity index is 0.960. The van der Waals surface area contributed by atoms with Crippen molar-refractivity contribution >= 4 is 50.7 Å². The van der Waals surface area contributed by atoms with Crippen molar-refractivity contribution in [2.24, 2.45) is 0 Å². The van der Waals surface area contributed by atoms with E-state index in [2.05, 4.69) is 26.8 Å². The number of fused-ring (bicyclic) bond motifs is 7. The maximum absolute atomic E-state index is 13.4. The molecule has 0 spiro atoms. The lowest BCUT2D eigenvalue weighted by Gasteiger charge is -2.35. The molecule has 11 rings (SSSR count). The second kappa shape index (κ2) is 21.5. The Hall–Kier alpha value is -4.39. The molecule has 0 radical (unpaired) electrons. The highest BCUT2D eigenvalue weighted by Crippen LogP contribution is 2.54. The van der Waals surface area contributed by atoms with Crippen LogP contribution in [0.3, 0.4) is 0 Å². The molecular weight excluding hydrogens is 944 g/mol. The van der Waals surface area contributed by atoms with Gasteiger partial charge in [0.05, 0.1) is 53.7 Å². The molecule has 6 aliphatic rings. The molecule has 0 unspecified atom stereocenters. The smallest absolute Gasteiger partial charge is 0.345 e. The van der Waals surface area contributed by atoms with Gasteiger partial charge < -0.3 is 43.2 Å². The summed E-state index contributed by atoms with van der Waals surface area (Å²) < 4.78 is 44.0. The van der Waals surface area contributed by atoms with Crippen LogP contribution in [0.4, 0.5) is 0 Å². The number of thiophene rings is 1. The van der Waals surface area contributed by atoms with Gasteiger partial charge in [-0.2, -0.15) is 0 Å². The molecule has 2 aliphatic carbocycles. The average Bonchev–Trinajstić information content (AvgIpc) is 3.71. The summed E-state index contributed by atoms with van der Waals surface area (Å²) in [6, 6.07) is 7.31. The first kappa shape index (κ1) is 48.2. The highest BCUT2D eigenvalue weighted by atomic mass is 35.5. The Kier molecular flexibility index (Phi) is 15.1. The SMILES string of the molecule is Cc1c(Cl)c2c(Cl)c(C)c1-c1c(C3CCC3)sc3ncnc(c13)O[C@@H](C(=O)O)Cc1cc(ccc1OCc1ccnc(C3CCC(OC[C@H]4COCCO4)CC3)n1)OC[C@@H](CN1CCN(C)CC1)O2. The van der Waals surface area contributed by atoms with Crippen LogP contribution >= 0.6 is 34.5 Å². The van der Waals surface area contributed by atoms with Crippen LogP contribution in [0.25, 0.3) is 21.3 Å². The van der Waals surface area contributed by atoms with E-state index in [1.54, 1.807) is 17.5 Å². The summed E-state index contributed by atoms with van der Waals surface area (Å²) in [6.45, 7) is 10.8. The van der Waals surface area contributed by atoms with E-state index in [1.165, 1.54) is 6.33 Å². The zero-order valence-corrected chi connectivity index (χ0v) is 41.8. The summed E-state index contributed by atoms with van der Waals surface area (Å²) in [4.78, 5) is 38.9. The zero-order valence-electron chi connectivity index (χ0n) is 39.4. The van der Waals surface area contributed by atoms with Crippen molar-refractivity contribution in [3.63, 3.8) is 0 Å². The highest BCUT2D eigenvalue weighted by Gasteiger charge is 2.35. The van der Waals surface area contributed by atoms with Crippen LogP contribution in [0.2, 0.25) is 10.0 Å². The van der Waals surface area contributed by atoms with Crippen LogP contribution in [0, 0.1) is 13.8 Å². The third-order valence-electron chi connectivity index (χ3n) is 14.3. The Morgan fingerprint density at radius 2 is 1.70 bits per heavy atom. The fraction of sp³-hybridized carbons (Fsp3) is 0.549. The molecule has 7 heterocycles. The maximum Gasteiger partial charge on any atom is 0.345 e. The minimum Gasteiger partial charge on any atom is -0.490 e. The van der Waals surface area contributed by atoms with Crippen molar-refractivity contribution in [3.05, 3.63) is 79.9 Å². The summed E-state index contributed by atoms with van der Waals surface area (Å²) in [5, 5.41) is 12.4. The van der Waals surface area contributed by atoms with E-state index in [9.17, 15) is 9.90 Å². The number of hydrogen-bond acceptors (Lipinski definition) is 15. The summed E-state index contributed by atoms with van der Waals surface area (Å²) in [5.74, 6) is 1.68. The number of benzene rings is 2. The monoisotopic (exact) mass is 1000 g/mol. The number of likely N-dealkylation sites (N-methyl/N-ethyl adjacent to an activating group) is 1. The van der Waals surface area contributed by atoms with Crippen molar-refractivity contribution in [3.8, 4) is 34.3 Å². The predicted octanol–water partition coefficient (Wildman–Crippen LogP) is 8.84.